The quantitative estimate of drug-likeness (QED) is 0.573. The second kappa shape index (κ2) is 10.4. The number of hydrogen-bond donors (Lipinski definition) is 1. The van der Waals surface area contributed by atoms with Crippen molar-refractivity contribution in [2.24, 2.45) is 0 Å². The summed E-state index contributed by atoms with van der Waals surface area (Å²) in [6, 6.07) is 20.2. The van der Waals surface area contributed by atoms with Gasteiger partial charge in [0.05, 0.1) is 6.04 Å². The van der Waals surface area contributed by atoms with E-state index in [1.54, 1.807) is 0 Å². The van der Waals surface area contributed by atoms with Gasteiger partial charge in [-0.05, 0) is 57.2 Å². The highest BCUT2D eigenvalue weighted by Gasteiger charge is 2.31. The van der Waals surface area contributed by atoms with Crippen molar-refractivity contribution in [3.05, 3.63) is 71.4 Å². The molecule has 3 aromatic rings. The van der Waals surface area contributed by atoms with Gasteiger partial charge in [0.2, 0.25) is 0 Å². The van der Waals surface area contributed by atoms with E-state index >= 15 is 0 Å². The van der Waals surface area contributed by atoms with Crippen LogP contribution in [-0.2, 0) is 6.42 Å². The van der Waals surface area contributed by atoms with Gasteiger partial charge in [0, 0.05) is 62.4 Å². The molecule has 1 atom stereocenters. The van der Waals surface area contributed by atoms with Crippen LogP contribution in [0.2, 0.25) is 0 Å². The van der Waals surface area contributed by atoms with Crippen molar-refractivity contribution in [2.75, 3.05) is 73.0 Å². The Kier molecular flexibility index (Phi) is 7.12. The Morgan fingerprint density at radius 3 is 2.27 bits per heavy atom. The van der Waals surface area contributed by atoms with Crippen molar-refractivity contribution in [3.8, 4) is 0 Å². The van der Waals surface area contributed by atoms with Crippen LogP contribution < -0.4 is 0 Å². The molecule has 33 heavy (non-hydrogen) atoms. The number of aromatic nitrogens is 1. The summed E-state index contributed by atoms with van der Waals surface area (Å²) in [7, 11) is 4.33. The molecular weight excluding hydrogens is 406 g/mol. The Hall–Kier alpha value is -2.18. The van der Waals surface area contributed by atoms with E-state index in [2.05, 4.69) is 93.3 Å². The normalized spacial score (nSPS) is 20.5. The lowest BCUT2D eigenvalue weighted by Gasteiger charge is -2.39. The third kappa shape index (κ3) is 5.17. The molecule has 1 saturated heterocycles. The number of rotatable bonds is 8. The van der Waals surface area contributed by atoms with E-state index in [-0.39, 0.29) is 0 Å². The largest absolute Gasteiger partial charge is 0.357 e. The number of fused-ring (bicyclic) bond motifs is 3. The molecule has 0 aliphatic carbocycles. The Morgan fingerprint density at radius 1 is 0.818 bits per heavy atom. The molecule has 1 aromatic heterocycles. The van der Waals surface area contributed by atoms with Crippen LogP contribution in [0.1, 0.15) is 29.3 Å². The first-order valence-corrected chi connectivity index (χ1v) is 12.7. The SMILES string of the molecule is CN(C)CCCN1CCN(CCN2CCc3c([nH]c4ccccc34)C2c2ccccc2)CC1. The van der Waals surface area contributed by atoms with Gasteiger partial charge >= 0.3 is 0 Å². The molecule has 0 amide bonds. The summed E-state index contributed by atoms with van der Waals surface area (Å²) in [4.78, 5) is 14.1. The van der Waals surface area contributed by atoms with Crippen molar-refractivity contribution >= 4 is 10.9 Å². The first-order valence-electron chi connectivity index (χ1n) is 12.7. The lowest BCUT2D eigenvalue weighted by Crippen LogP contribution is -2.49. The standard InChI is InChI=1S/C28H39N5/c1-30(2)14-8-15-31-17-19-32(20-18-31)21-22-33-16-13-25-24-11-6-7-12-26(24)29-27(25)28(33)23-9-4-3-5-10-23/h3-7,9-12,28-29H,8,13-22H2,1-2H3. The molecule has 2 aromatic carbocycles. The predicted octanol–water partition coefficient (Wildman–Crippen LogP) is 3.68. The highest BCUT2D eigenvalue weighted by atomic mass is 15.3. The Bertz CT molecular complexity index is 1020. The fraction of sp³-hybridized carbons (Fsp3) is 0.500. The van der Waals surface area contributed by atoms with E-state index in [1.165, 1.54) is 73.4 Å². The third-order valence-corrected chi connectivity index (χ3v) is 7.50. The minimum absolute atomic E-state index is 0.315. The minimum Gasteiger partial charge on any atom is -0.357 e. The van der Waals surface area contributed by atoms with Gasteiger partial charge in [-0.2, -0.15) is 0 Å². The third-order valence-electron chi connectivity index (χ3n) is 7.50. The molecule has 1 N–H and O–H groups in total. The summed E-state index contributed by atoms with van der Waals surface area (Å²) in [5, 5.41) is 1.40. The smallest absolute Gasteiger partial charge is 0.0757 e. The van der Waals surface area contributed by atoms with Crippen LogP contribution in [0.25, 0.3) is 10.9 Å². The lowest BCUT2D eigenvalue weighted by atomic mass is 9.92. The van der Waals surface area contributed by atoms with E-state index in [0.29, 0.717) is 6.04 Å². The molecule has 5 heteroatoms. The number of nitrogens with one attached hydrogen (secondary N) is 1. The predicted molar refractivity (Wildman–Crippen MR) is 138 cm³/mol. The zero-order chi connectivity index (χ0) is 22.6. The van der Waals surface area contributed by atoms with Gasteiger partial charge in [-0.1, -0.05) is 48.5 Å². The molecule has 2 aliphatic rings. The topological polar surface area (TPSA) is 28.8 Å². The molecule has 5 rings (SSSR count). The average molecular weight is 446 g/mol. The molecule has 0 spiro atoms. The van der Waals surface area contributed by atoms with E-state index in [0.717, 1.165) is 26.1 Å². The molecule has 1 unspecified atom stereocenters. The number of H-pyrrole nitrogens is 1. The fourth-order valence-electron chi connectivity index (χ4n) is 5.66. The van der Waals surface area contributed by atoms with Crippen LogP contribution in [0.5, 0.6) is 0 Å². The number of nitrogens with zero attached hydrogens (tertiary/aromatic N) is 4. The maximum Gasteiger partial charge on any atom is 0.0757 e. The Balaban J connectivity index is 1.25. The number of aromatic amines is 1. The van der Waals surface area contributed by atoms with E-state index in [1.807, 2.05) is 0 Å². The first kappa shape index (κ1) is 22.6. The average Bonchev–Trinajstić information content (AvgIpc) is 3.22. The van der Waals surface area contributed by atoms with Crippen LogP contribution in [-0.4, -0.2) is 97.6 Å². The van der Waals surface area contributed by atoms with E-state index in [4.69, 9.17) is 0 Å². The Morgan fingerprint density at radius 2 is 1.52 bits per heavy atom. The molecule has 0 saturated carbocycles. The van der Waals surface area contributed by atoms with Gasteiger partial charge in [0.25, 0.3) is 0 Å². The van der Waals surface area contributed by atoms with Gasteiger partial charge in [-0.25, -0.2) is 0 Å². The van der Waals surface area contributed by atoms with Crippen molar-refractivity contribution in [2.45, 2.75) is 18.9 Å². The van der Waals surface area contributed by atoms with E-state index < -0.39 is 0 Å². The second-order valence-corrected chi connectivity index (χ2v) is 10.0. The van der Waals surface area contributed by atoms with Gasteiger partial charge in [0.1, 0.15) is 0 Å². The van der Waals surface area contributed by atoms with Crippen molar-refractivity contribution in [3.63, 3.8) is 0 Å². The monoisotopic (exact) mass is 445 g/mol. The van der Waals surface area contributed by atoms with Crippen molar-refractivity contribution in [1.29, 1.82) is 0 Å². The molecule has 2 aliphatic heterocycles. The number of piperazine rings is 1. The van der Waals surface area contributed by atoms with Crippen molar-refractivity contribution in [1.82, 2.24) is 24.6 Å². The molecule has 1 fully saturated rings. The minimum atomic E-state index is 0.315. The first-order chi connectivity index (χ1) is 16.2. The summed E-state index contributed by atoms with van der Waals surface area (Å²) in [5.74, 6) is 0. The fourth-order valence-corrected chi connectivity index (χ4v) is 5.66. The maximum atomic E-state index is 3.80. The zero-order valence-electron chi connectivity index (χ0n) is 20.3. The van der Waals surface area contributed by atoms with E-state index in [9.17, 15) is 0 Å². The summed E-state index contributed by atoms with van der Waals surface area (Å²) in [6.45, 7) is 10.6. The number of benzene rings is 2. The summed E-state index contributed by atoms with van der Waals surface area (Å²) in [5.41, 5.74) is 5.59. The summed E-state index contributed by atoms with van der Waals surface area (Å²) in [6.07, 6.45) is 2.40. The van der Waals surface area contributed by atoms with Crippen molar-refractivity contribution < 1.29 is 0 Å². The van der Waals surface area contributed by atoms with Gasteiger partial charge < -0.3 is 14.8 Å². The summed E-state index contributed by atoms with van der Waals surface area (Å²) >= 11 is 0. The molecule has 0 bridgehead atoms. The molecular formula is C28H39N5. The highest BCUT2D eigenvalue weighted by molar-refractivity contribution is 5.85. The molecule has 3 heterocycles. The Labute approximate surface area is 199 Å². The second-order valence-electron chi connectivity index (χ2n) is 10.0. The lowest BCUT2D eigenvalue weighted by molar-refractivity contribution is 0.107. The van der Waals surface area contributed by atoms with Gasteiger partial charge in [0.15, 0.2) is 0 Å². The number of hydrogen-bond acceptors (Lipinski definition) is 4. The zero-order valence-corrected chi connectivity index (χ0v) is 20.3. The van der Waals surface area contributed by atoms with Crippen LogP contribution in [0.15, 0.2) is 54.6 Å². The maximum absolute atomic E-state index is 3.80. The van der Waals surface area contributed by atoms with Gasteiger partial charge in [-0.15, -0.1) is 0 Å². The summed E-state index contributed by atoms with van der Waals surface area (Å²) < 4.78 is 0. The highest BCUT2D eigenvalue weighted by Crippen LogP contribution is 2.38. The van der Waals surface area contributed by atoms with Crippen LogP contribution >= 0.6 is 0 Å². The van der Waals surface area contributed by atoms with Crippen LogP contribution in [0, 0.1) is 0 Å². The van der Waals surface area contributed by atoms with Crippen LogP contribution in [0.3, 0.4) is 0 Å². The molecule has 0 radical (unpaired) electrons. The number of para-hydroxylation sites is 1. The van der Waals surface area contributed by atoms with Gasteiger partial charge in [-0.3, -0.25) is 9.80 Å². The molecule has 176 valence electrons. The van der Waals surface area contributed by atoms with Crippen LogP contribution in [0.4, 0.5) is 0 Å². The molecule has 5 nitrogen and oxygen atoms in total.